The lowest BCUT2D eigenvalue weighted by molar-refractivity contribution is -0.149. The number of carbonyl (C=O) groups is 2. The first-order valence-corrected chi connectivity index (χ1v) is 7.30. The van der Waals surface area contributed by atoms with Crippen molar-refractivity contribution in [2.75, 3.05) is 19.8 Å². The van der Waals surface area contributed by atoms with Crippen LogP contribution in [-0.4, -0.2) is 42.9 Å². The topological polar surface area (TPSA) is 87.7 Å². The van der Waals surface area contributed by atoms with Gasteiger partial charge in [0.25, 0.3) is 0 Å². The van der Waals surface area contributed by atoms with Crippen molar-refractivity contribution in [2.45, 2.75) is 46.1 Å². The predicted molar refractivity (Wildman–Crippen MR) is 75.6 cm³/mol. The average Bonchev–Trinajstić information content (AvgIpc) is 2.94. The molecule has 0 saturated carbocycles. The SMILES string of the molecule is CCC(CC)(CNC(=O)NC(C)C1CCOC1)C(=O)O. The van der Waals surface area contributed by atoms with E-state index in [1.807, 2.05) is 20.8 Å². The Labute approximate surface area is 120 Å². The van der Waals surface area contributed by atoms with Gasteiger partial charge >= 0.3 is 12.0 Å². The van der Waals surface area contributed by atoms with Crippen LogP contribution in [0.15, 0.2) is 0 Å². The monoisotopic (exact) mass is 286 g/mol. The third-order valence-electron chi connectivity index (χ3n) is 4.43. The Hall–Kier alpha value is -1.30. The number of aliphatic carboxylic acids is 1. The van der Waals surface area contributed by atoms with Gasteiger partial charge in [-0.1, -0.05) is 13.8 Å². The highest BCUT2D eigenvalue weighted by molar-refractivity contribution is 5.78. The summed E-state index contributed by atoms with van der Waals surface area (Å²) < 4.78 is 5.29. The molecule has 0 aromatic rings. The summed E-state index contributed by atoms with van der Waals surface area (Å²) in [6, 6.07) is -0.281. The van der Waals surface area contributed by atoms with E-state index >= 15 is 0 Å². The largest absolute Gasteiger partial charge is 0.481 e. The molecule has 0 aromatic carbocycles. The zero-order chi connectivity index (χ0) is 15.2. The van der Waals surface area contributed by atoms with E-state index in [9.17, 15) is 14.7 Å². The van der Waals surface area contributed by atoms with Crippen LogP contribution in [0.1, 0.15) is 40.0 Å². The minimum atomic E-state index is -0.878. The number of amides is 2. The normalized spacial score (nSPS) is 20.4. The van der Waals surface area contributed by atoms with Gasteiger partial charge in [-0.3, -0.25) is 4.79 Å². The third kappa shape index (κ3) is 4.10. The number of rotatable bonds is 7. The Morgan fingerprint density at radius 3 is 2.50 bits per heavy atom. The van der Waals surface area contributed by atoms with Gasteiger partial charge in [-0.2, -0.15) is 0 Å². The smallest absolute Gasteiger partial charge is 0.315 e. The lowest BCUT2D eigenvalue weighted by Crippen LogP contribution is -2.49. The van der Waals surface area contributed by atoms with Gasteiger partial charge in [0, 0.05) is 25.1 Å². The molecule has 0 radical (unpaired) electrons. The van der Waals surface area contributed by atoms with Gasteiger partial charge in [0.05, 0.1) is 12.0 Å². The molecule has 1 saturated heterocycles. The molecule has 0 aliphatic carbocycles. The molecular formula is C14H26N2O4. The molecule has 20 heavy (non-hydrogen) atoms. The van der Waals surface area contributed by atoms with Crippen LogP contribution < -0.4 is 10.6 Å². The lowest BCUT2D eigenvalue weighted by atomic mass is 9.82. The summed E-state index contributed by atoms with van der Waals surface area (Å²) in [5.74, 6) is -0.526. The van der Waals surface area contributed by atoms with Crippen molar-refractivity contribution in [1.82, 2.24) is 10.6 Å². The summed E-state index contributed by atoms with van der Waals surface area (Å²) in [5, 5.41) is 14.9. The fourth-order valence-corrected chi connectivity index (χ4v) is 2.45. The van der Waals surface area contributed by atoms with E-state index in [1.54, 1.807) is 0 Å². The van der Waals surface area contributed by atoms with Crippen LogP contribution in [0.5, 0.6) is 0 Å². The second-order valence-electron chi connectivity index (χ2n) is 5.53. The number of hydrogen-bond acceptors (Lipinski definition) is 3. The molecule has 0 aromatic heterocycles. The molecule has 2 unspecified atom stereocenters. The van der Waals surface area contributed by atoms with Crippen LogP contribution >= 0.6 is 0 Å². The van der Waals surface area contributed by atoms with Crippen LogP contribution in [0.25, 0.3) is 0 Å². The predicted octanol–water partition coefficient (Wildman–Crippen LogP) is 1.60. The first-order valence-electron chi connectivity index (χ1n) is 7.30. The second kappa shape index (κ2) is 7.47. The molecule has 1 aliphatic heterocycles. The first kappa shape index (κ1) is 16.8. The van der Waals surface area contributed by atoms with Crippen molar-refractivity contribution in [3.63, 3.8) is 0 Å². The van der Waals surface area contributed by atoms with Crippen molar-refractivity contribution in [3.05, 3.63) is 0 Å². The van der Waals surface area contributed by atoms with E-state index in [4.69, 9.17) is 4.74 Å². The molecule has 2 atom stereocenters. The molecule has 116 valence electrons. The third-order valence-corrected chi connectivity index (χ3v) is 4.43. The van der Waals surface area contributed by atoms with Crippen LogP contribution in [0.2, 0.25) is 0 Å². The molecule has 0 bridgehead atoms. The molecule has 2 amide bonds. The lowest BCUT2D eigenvalue weighted by Gasteiger charge is -2.27. The number of carboxylic acid groups (broad SMARTS) is 1. The zero-order valence-electron chi connectivity index (χ0n) is 12.6. The molecule has 1 heterocycles. The molecule has 1 aliphatic rings. The summed E-state index contributed by atoms with van der Waals surface area (Å²) >= 11 is 0. The van der Waals surface area contributed by atoms with Crippen molar-refractivity contribution >= 4 is 12.0 Å². The Morgan fingerprint density at radius 2 is 2.05 bits per heavy atom. The van der Waals surface area contributed by atoms with E-state index < -0.39 is 11.4 Å². The minimum Gasteiger partial charge on any atom is -0.481 e. The number of carboxylic acids is 1. The Bertz CT molecular complexity index is 336. The minimum absolute atomic E-state index is 0.0278. The van der Waals surface area contributed by atoms with Crippen LogP contribution in [0, 0.1) is 11.3 Å². The highest BCUT2D eigenvalue weighted by atomic mass is 16.5. The fraction of sp³-hybridized carbons (Fsp3) is 0.857. The summed E-state index contributed by atoms with van der Waals surface area (Å²) in [6.45, 7) is 7.17. The van der Waals surface area contributed by atoms with Gasteiger partial charge in [-0.25, -0.2) is 4.79 Å². The van der Waals surface area contributed by atoms with Gasteiger partial charge in [0.1, 0.15) is 0 Å². The molecular weight excluding hydrogens is 260 g/mol. The number of urea groups is 1. The maximum atomic E-state index is 11.9. The maximum absolute atomic E-state index is 11.9. The molecule has 1 fully saturated rings. The second-order valence-corrected chi connectivity index (χ2v) is 5.53. The van der Waals surface area contributed by atoms with Gasteiger partial charge in [0.2, 0.25) is 0 Å². The van der Waals surface area contributed by atoms with Crippen LogP contribution in [0.4, 0.5) is 4.79 Å². The summed E-state index contributed by atoms with van der Waals surface area (Å²) in [4.78, 5) is 23.2. The van der Waals surface area contributed by atoms with E-state index in [1.165, 1.54) is 0 Å². The number of ether oxygens (including phenoxy) is 1. The van der Waals surface area contributed by atoms with Gasteiger partial charge in [-0.05, 0) is 26.2 Å². The van der Waals surface area contributed by atoms with Crippen LogP contribution in [-0.2, 0) is 9.53 Å². The Balaban J connectivity index is 2.43. The molecule has 0 spiro atoms. The van der Waals surface area contributed by atoms with E-state index in [0.717, 1.165) is 13.0 Å². The van der Waals surface area contributed by atoms with Crippen LogP contribution in [0.3, 0.4) is 0 Å². The first-order chi connectivity index (χ1) is 9.45. The average molecular weight is 286 g/mol. The summed E-state index contributed by atoms with van der Waals surface area (Å²) in [7, 11) is 0. The van der Waals surface area contributed by atoms with Crippen molar-refractivity contribution < 1.29 is 19.4 Å². The van der Waals surface area contributed by atoms with Gasteiger partial charge in [0.15, 0.2) is 0 Å². The maximum Gasteiger partial charge on any atom is 0.315 e. The fourth-order valence-electron chi connectivity index (χ4n) is 2.45. The molecule has 6 nitrogen and oxygen atoms in total. The van der Waals surface area contributed by atoms with E-state index in [-0.39, 0.29) is 18.6 Å². The number of nitrogens with one attached hydrogen (secondary N) is 2. The van der Waals surface area contributed by atoms with Crippen molar-refractivity contribution in [2.24, 2.45) is 11.3 Å². The number of carbonyl (C=O) groups excluding carboxylic acids is 1. The van der Waals surface area contributed by atoms with Gasteiger partial charge in [-0.15, -0.1) is 0 Å². The van der Waals surface area contributed by atoms with Gasteiger partial charge < -0.3 is 20.5 Å². The highest BCUT2D eigenvalue weighted by Gasteiger charge is 2.35. The van der Waals surface area contributed by atoms with Crippen molar-refractivity contribution in [1.29, 1.82) is 0 Å². The van der Waals surface area contributed by atoms with E-state index in [0.29, 0.717) is 25.4 Å². The molecule has 6 heteroatoms. The summed E-state index contributed by atoms with van der Waals surface area (Å²) in [5.41, 5.74) is -0.878. The van der Waals surface area contributed by atoms with E-state index in [2.05, 4.69) is 10.6 Å². The Morgan fingerprint density at radius 1 is 1.40 bits per heavy atom. The quantitative estimate of drug-likeness (QED) is 0.663. The highest BCUT2D eigenvalue weighted by Crippen LogP contribution is 2.25. The number of hydrogen-bond donors (Lipinski definition) is 3. The standard InChI is InChI=1S/C14H26N2O4/c1-4-14(5-2,12(17)18)9-15-13(19)16-10(3)11-6-7-20-8-11/h10-11H,4-9H2,1-3H3,(H,17,18)(H2,15,16,19). The molecule has 3 N–H and O–H groups in total. The van der Waals surface area contributed by atoms with Crippen molar-refractivity contribution in [3.8, 4) is 0 Å². The summed E-state index contributed by atoms with van der Waals surface area (Å²) in [6.07, 6.45) is 1.93. The Kier molecular flexibility index (Phi) is 6.26. The zero-order valence-corrected chi connectivity index (χ0v) is 12.6. The molecule has 1 rings (SSSR count).